The van der Waals surface area contributed by atoms with Gasteiger partial charge in [0.25, 0.3) is 0 Å². The average Bonchev–Trinajstić information content (AvgIpc) is 2.19. The van der Waals surface area contributed by atoms with Crippen LogP contribution in [0.1, 0.15) is 19.4 Å². The fourth-order valence-electron chi connectivity index (χ4n) is 1.46. The van der Waals surface area contributed by atoms with Gasteiger partial charge < -0.3 is 9.84 Å². The number of nitrogens with one attached hydrogen (secondary N) is 1. The van der Waals surface area contributed by atoms with Gasteiger partial charge in [-0.1, -0.05) is 0 Å². The predicted octanol–water partition coefficient (Wildman–Crippen LogP) is 1.61. The third-order valence-corrected chi connectivity index (χ3v) is 3.31. The topological polar surface area (TPSA) is 92.7 Å². The van der Waals surface area contributed by atoms with E-state index in [-0.39, 0.29) is 6.10 Å². The molecule has 0 saturated heterocycles. The number of benzene rings is 1. The van der Waals surface area contributed by atoms with Crippen LogP contribution in [0.3, 0.4) is 0 Å². The van der Waals surface area contributed by atoms with Crippen molar-refractivity contribution in [2.75, 3.05) is 10.5 Å². The third kappa shape index (κ3) is 5.17. The first-order valence-corrected chi connectivity index (χ1v) is 7.34. The Hall–Kier alpha value is -1.76. The van der Waals surface area contributed by atoms with Gasteiger partial charge in [0.05, 0.1) is 11.8 Å². The van der Waals surface area contributed by atoms with E-state index in [4.69, 9.17) is 9.84 Å². The standard InChI is InChI=1S/C12H17NO5S/c1-8(2)18-10-4-5-11(9(3)6-10)13-19(16,17)7-12(14)15/h4-6,8,13H,7H2,1-3H3,(H,14,15). The highest BCUT2D eigenvalue weighted by Crippen LogP contribution is 2.23. The molecule has 0 saturated carbocycles. The van der Waals surface area contributed by atoms with Crippen LogP contribution >= 0.6 is 0 Å². The van der Waals surface area contributed by atoms with E-state index in [2.05, 4.69) is 4.72 Å². The van der Waals surface area contributed by atoms with Crippen molar-refractivity contribution in [2.24, 2.45) is 0 Å². The van der Waals surface area contributed by atoms with E-state index in [1.165, 1.54) is 0 Å². The van der Waals surface area contributed by atoms with Gasteiger partial charge in [0.2, 0.25) is 10.0 Å². The number of aryl methyl sites for hydroxylation is 1. The van der Waals surface area contributed by atoms with Crippen molar-refractivity contribution in [1.29, 1.82) is 0 Å². The summed E-state index contributed by atoms with van der Waals surface area (Å²) in [6.45, 7) is 5.49. The normalized spacial score (nSPS) is 11.4. The maximum Gasteiger partial charge on any atom is 0.320 e. The fraction of sp³-hybridized carbons (Fsp3) is 0.417. The zero-order valence-corrected chi connectivity index (χ0v) is 11.8. The Morgan fingerprint density at radius 3 is 2.53 bits per heavy atom. The van der Waals surface area contributed by atoms with Crippen LogP contribution in [-0.4, -0.2) is 31.4 Å². The van der Waals surface area contributed by atoms with Crippen LogP contribution in [0.25, 0.3) is 0 Å². The highest BCUT2D eigenvalue weighted by molar-refractivity contribution is 7.93. The minimum absolute atomic E-state index is 0.0222. The minimum Gasteiger partial charge on any atom is -0.491 e. The van der Waals surface area contributed by atoms with Crippen LogP contribution in [0, 0.1) is 6.92 Å². The van der Waals surface area contributed by atoms with E-state index < -0.39 is 21.7 Å². The summed E-state index contributed by atoms with van der Waals surface area (Å²) >= 11 is 0. The van der Waals surface area contributed by atoms with Crippen molar-refractivity contribution in [1.82, 2.24) is 0 Å². The van der Waals surface area contributed by atoms with E-state index in [9.17, 15) is 13.2 Å². The summed E-state index contributed by atoms with van der Waals surface area (Å²) in [6.07, 6.45) is 0.0222. The number of ether oxygens (including phenoxy) is 1. The summed E-state index contributed by atoms with van der Waals surface area (Å²) in [7, 11) is -3.88. The Balaban J connectivity index is 2.89. The summed E-state index contributed by atoms with van der Waals surface area (Å²) in [5.74, 6) is -1.73. The van der Waals surface area contributed by atoms with Gasteiger partial charge in [-0.25, -0.2) is 8.42 Å². The highest BCUT2D eigenvalue weighted by Gasteiger charge is 2.16. The van der Waals surface area contributed by atoms with Crippen molar-refractivity contribution in [2.45, 2.75) is 26.9 Å². The van der Waals surface area contributed by atoms with Crippen molar-refractivity contribution >= 4 is 21.7 Å². The number of hydrogen-bond acceptors (Lipinski definition) is 4. The predicted molar refractivity (Wildman–Crippen MR) is 72.0 cm³/mol. The molecule has 0 unspecified atom stereocenters. The first kappa shape index (κ1) is 15.3. The number of sulfonamides is 1. The quantitative estimate of drug-likeness (QED) is 0.829. The molecular weight excluding hydrogens is 270 g/mol. The molecular formula is C12H17NO5S. The first-order chi connectivity index (χ1) is 8.69. The number of rotatable bonds is 6. The molecule has 1 aromatic carbocycles. The van der Waals surface area contributed by atoms with E-state index in [0.717, 1.165) is 0 Å². The van der Waals surface area contributed by atoms with Crippen LogP contribution in [0.2, 0.25) is 0 Å². The van der Waals surface area contributed by atoms with Gasteiger partial charge in [-0.2, -0.15) is 0 Å². The lowest BCUT2D eigenvalue weighted by atomic mass is 10.2. The van der Waals surface area contributed by atoms with Crippen LogP contribution in [-0.2, 0) is 14.8 Å². The monoisotopic (exact) mass is 287 g/mol. The molecule has 0 aliphatic carbocycles. The van der Waals surface area contributed by atoms with Crippen LogP contribution in [0.15, 0.2) is 18.2 Å². The SMILES string of the molecule is Cc1cc(OC(C)C)ccc1NS(=O)(=O)CC(=O)O. The van der Waals surface area contributed by atoms with E-state index in [0.29, 0.717) is 17.0 Å². The smallest absolute Gasteiger partial charge is 0.320 e. The highest BCUT2D eigenvalue weighted by atomic mass is 32.2. The van der Waals surface area contributed by atoms with Gasteiger partial charge in [-0.05, 0) is 44.5 Å². The number of carboxylic acid groups (broad SMARTS) is 1. The molecule has 0 amide bonds. The maximum atomic E-state index is 11.5. The first-order valence-electron chi connectivity index (χ1n) is 5.69. The van der Waals surface area contributed by atoms with Gasteiger partial charge >= 0.3 is 5.97 Å². The summed E-state index contributed by atoms with van der Waals surface area (Å²) < 4.78 is 30.7. The lowest BCUT2D eigenvalue weighted by molar-refractivity contribution is -0.134. The molecule has 0 atom stereocenters. The second kappa shape index (κ2) is 5.92. The molecule has 7 heteroatoms. The molecule has 0 spiro atoms. The van der Waals surface area contributed by atoms with E-state index in [1.54, 1.807) is 25.1 Å². The second-order valence-corrected chi connectivity index (χ2v) is 6.12. The number of anilines is 1. The summed E-state index contributed by atoms with van der Waals surface area (Å²) in [4.78, 5) is 10.4. The molecule has 0 aliphatic rings. The molecule has 1 rings (SSSR count). The molecule has 0 heterocycles. The third-order valence-electron chi connectivity index (χ3n) is 2.15. The Morgan fingerprint density at radius 1 is 1.42 bits per heavy atom. The summed E-state index contributed by atoms with van der Waals surface area (Å²) in [6, 6.07) is 4.87. The lowest BCUT2D eigenvalue weighted by Gasteiger charge is -2.13. The minimum atomic E-state index is -3.88. The second-order valence-electron chi connectivity index (χ2n) is 4.40. The molecule has 2 N–H and O–H groups in total. The van der Waals surface area contributed by atoms with Crippen LogP contribution in [0.5, 0.6) is 5.75 Å². The molecule has 0 aliphatic heterocycles. The number of carboxylic acids is 1. The fourth-order valence-corrected chi connectivity index (χ4v) is 2.42. The van der Waals surface area contributed by atoms with Gasteiger partial charge in [0.1, 0.15) is 5.75 Å². The van der Waals surface area contributed by atoms with Gasteiger partial charge in [-0.15, -0.1) is 0 Å². The molecule has 0 radical (unpaired) electrons. The Bertz CT molecular complexity index is 565. The Kier molecular flexibility index (Phi) is 4.77. The maximum absolute atomic E-state index is 11.5. The van der Waals surface area contributed by atoms with E-state index in [1.807, 2.05) is 13.8 Å². The molecule has 0 fully saturated rings. The van der Waals surface area contributed by atoms with Gasteiger partial charge in [0.15, 0.2) is 5.75 Å². The molecule has 6 nitrogen and oxygen atoms in total. The van der Waals surface area contributed by atoms with Crippen LogP contribution in [0.4, 0.5) is 5.69 Å². The number of hydrogen-bond donors (Lipinski definition) is 2. The van der Waals surface area contributed by atoms with Crippen molar-refractivity contribution < 1.29 is 23.1 Å². The molecule has 0 aromatic heterocycles. The zero-order chi connectivity index (χ0) is 14.6. The number of aliphatic carboxylic acids is 1. The van der Waals surface area contributed by atoms with Crippen molar-refractivity contribution in [3.63, 3.8) is 0 Å². The molecule has 106 valence electrons. The largest absolute Gasteiger partial charge is 0.491 e. The Morgan fingerprint density at radius 2 is 2.05 bits per heavy atom. The average molecular weight is 287 g/mol. The van der Waals surface area contributed by atoms with Crippen LogP contribution < -0.4 is 9.46 Å². The lowest BCUT2D eigenvalue weighted by Crippen LogP contribution is -2.22. The summed E-state index contributed by atoms with van der Waals surface area (Å²) in [5.41, 5.74) is 1.00. The zero-order valence-electron chi connectivity index (χ0n) is 11.0. The molecule has 0 bridgehead atoms. The van der Waals surface area contributed by atoms with Crippen molar-refractivity contribution in [3.05, 3.63) is 23.8 Å². The Labute approximate surface area is 112 Å². The van der Waals surface area contributed by atoms with E-state index >= 15 is 0 Å². The molecule has 19 heavy (non-hydrogen) atoms. The molecule has 1 aromatic rings. The van der Waals surface area contributed by atoms with Gasteiger partial charge in [-0.3, -0.25) is 9.52 Å². The number of carbonyl (C=O) groups is 1. The van der Waals surface area contributed by atoms with Gasteiger partial charge in [0, 0.05) is 0 Å². The van der Waals surface area contributed by atoms with Crippen molar-refractivity contribution in [3.8, 4) is 5.75 Å². The summed E-state index contributed by atoms with van der Waals surface area (Å²) in [5, 5.41) is 8.50.